The molecule has 0 saturated heterocycles. The minimum Gasteiger partial charge on any atom is -0.374 e. The van der Waals surface area contributed by atoms with Gasteiger partial charge in [0.05, 0.1) is 11.1 Å². The van der Waals surface area contributed by atoms with Gasteiger partial charge in [0.2, 0.25) is 0 Å². The zero-order valence-corrected chi connectivity index (χ0v) is 8.78. The molecule has 12 heavy (non-hydrogen) atoms. The van der Waals surface area contributed by atoms with Crippen molar-refractivity contribution in [2.24, 2.45) is 0 Å². The molecule has 1 aromatic heterocycles. The second-order valence-electron chi connectivity index (χ2n) is 2.46. The summed E-state index contributed by atoms with van der Waals surface area (Å²) >= 11 is 5.12. The molecule has 0 saturated carbocycles. The van der Waals surface area contributed by atoms with Crippen LogP contribution in [0.2, 0.25) is 0 Å². The maximum atomic E-state index is 3.35. The Bertz CT molecular complexity index is 383. The number of thiophene rings is 1. The number of anilines is 1. The number of hydrogen-bond acceptors (Lipinski definition) is 2. The molecule has 0 radical (unpaired) electrons. The molecule has 0 bridgehead atoms. The van der Waals surface area contributed by atoms with E-state index < -0.39 is 0 Å². The quantitative estimate of drug-likeness (QED) is 0.625. The Morgan fingerprint density at radius 2 is 2.17 bits per heavy atom. The molecule has 0 amide bonds. The molecule has 1 nitrogen and oxygen atoms in total. The van der Waals surface area contributed by atoms with E-state index in [1.807, 2.05) is 0 Å². The molecule has 1 N–H and O–H groups in total. The minimum atomic E-state index is 0.799. The number of halogens is 1. The van der Waals surface area contributed by atoms with Crippen molar-refractivity contribution in [3.63, 3.8) is 0 Å². The normalized spacial score (nSPS) is 10.4. The van der Waals surface area contributed by atoms with Crippen molar-refractivity contribution in [2.45, 2.75) is 0 Å². The van der Waals surface area contributed by atoms with Gasteiger partial charge in [-0.1, -0.05) is 34.1 Å². The average molecular weight is 242 g/mol. The number of fused-ring (bicyclic) bond motifs is 1. The molecule has 2 aromatic rings. The smallest absolute Gasteiger partial charge is 0.0707 e. The third-order valence-electron chi connectivity index (χ3n) is 1.74. The van der Waals surface area contributed by atoms with Gasteiger partial charge in [0.15, 0.2) is 0 Å². The Kier molecular flexibility index (Phi) is 2.33. The fourth-order valence-corrected chi connectivity index (χ4v) is 2.41. The Morgan fingerprint density at radius 3 is 3.00 bits per heavy atom. The van der Waals surface area contributed by atoms with Crippen molar-refractivity contribution in [2.75, 3.05) is 10.8 Å². The van der Waals surface area contributed by atoms with E-state index in [9.17, 15) is 0 Å². The van der Waals surface area contributed by atoms with Crippen LogP contribution in [0.25, 0.3) is 10.1 Å². The van der Waals surface area contributed by atoms with Crippen molar-refractivity contribution < 1.29 is 0 Å². The van der Waals surface area contributed by atoms with Gasteiger partial charge in [0.25, 0.3) is 0 Å². The molecular formula is C9H8BrNS. The lowest BCUT2D eigenvalue weighted by Gasteiger charge is -1.97. The third-order valence-corrected chi connectivity index (χ3v) is 2.98. The zero-order chi connectivity index (χ0) is 8.39. The molecule has 3 heteroatoms. The van der Waals surface area contributed by atoms with E-state index in [-0.39, 0.29) is 0 Å². The van der Waals surface area contributed by atoms with E-state index in [1.165, 1.54) is 15.8 Å². The molecule has 1 aromatic carbocycles. The molecule has 1 heterocycles. The molecule has 0 atom stereocenters. The second-order valence-corrected chi connectivity index (χ2v) is 3.93. The molecule has 0 fully saturated rings. The summed E-state index contributed by atoms with van der Waals surface area (Å²) in [6, 6.07) is 8.40. The van der Waals surface area contributed by atoms with Crippen molar-refractivity contribution in [1.82, 2.24) is 0 Å². The molecular weight excluding hydrogens is 234 g/mol. The summed E-state index contributed by atoms with van der Waals surface area (Å²) in [7, 11) is 0. The lowest BCUT2D eigenvalue weighted by Crippen LogP contribution is -1.90. The molecule has 62 valence electrons. The molecule has 0 spiro atoms. The lowest BCUT2D eigenvalue weighted by atomic mass is 10.2. The fraction of sp³-hybridized carbons (Fsp3) is 0.111. The highest BCUT2D eigenvalue weighted by molar-refractivity contribution is 9.09. The summed E-state index contributed by atoms with van der Waals surface area (Å²) < 4.78 is 1.33. The van der Waals surface area contributed by atoms with Gasteiger partial charge in [-0.25, -0.2) is 0 Å². The summed E-state index contributed by atoms with van der Waals surface area (Å²) in [4.78, 5) is 0. The van der Waals surface area contributed by atoms with Crippen LogP contribution in [0.4, 0.5) is 5.69 Å². The first-order valence-electron chi connectivity index (χ1n) is 3.68. The van der Waals surface area contributed by atoms with Crippen molar-refractivity contribution in [3.05, 3.63) is 29.6 Å². The van der Waals surface area contributed by atoms with Crippen LogP contribution in [0.15, 0.2) is 29.6 Å². The van der Waals surface area contributed by atoms with Gasteiger partial charge < -0.3 is 5.32 Å². The van der Waals surface area contributed by atoms with E-state index in [4.69, 9.17) is 0 Å². The van der Waals surface area contributed by atoms with Crippen LogP contribution in [-0.4, -0.2) is 5.45 Å². The summed E-state index contributed by atoms with van der Waals surface area (Å²) in [6.45, 7) is 0. The van der Waals surface area contributed by atoms with Crippen molar-refractivity contribution in [1.29, 1.82) is 0 Å². The number of rotatable bonds is 2. The van der Waals surface area contributed by atoms with Crippen LogP contribution in [0.5, 0.6) is 0 Å². The highest BCUT2D eigenvalue weighted by Crippen LogP contribution is 2.29. The van der Waals surface area contributed by atoms with E-state index in [1.54, 1.807) is 11.3 Å². The van der Waals surface area contributed by atoms with Crippen LogP contribution in [-0.2, 0) is 0 Å². The highest BCUT2D eigenvalue weighted by Gasteiger charge is 2.00. The maximum absolute atomic E-state index is 3.35. The first-order valence-corrected chi connectivity index (χ1v) is 5.68. The van der Waals surface area contributed by atoms with E-state index in [0.29, 0.717) is 0 Å². The SMILES string of the molecule is BrCNc1csc2ccccc12. The fourth-order valence-electron chi connectivity index (χ4n) is 1.19. The van der Waals surface area contributed by atoms with Gasteiger partial charge in [0, 0.05) is 15.5 Å². The predicted molar refractivity (Wildman–Crippen MR) is 59.2 cm³/mol. The molecule has 0 aliphatic rings. The van der Waals surface area contributed by atoms with E-state index in [2.05, 4.69) is 50.9 Å². The second kappa shape index (κ2) is 3.46. The number of benzene rings is 1. The van der Waals surface area contributed by atoms with Crippen LogP contribution < -0.4 is 5.32 Å². The van der Waals surface area contributed by atoms with Crippen LogP contribution in [0.3, 0.4) is 0 Å². The van der Waals surface area contributed by atoms with E-state index >= 15 is 0 Å². The molecule has 0 aliphatic carbocycles. The largest absolute Gasteiger partial charge is 0.374 e. The summed E-state index contributed by atoms with van der Waals surface area (Å²) in [5, 5.41) is 6.71. The van der Waals surface area contributed by atoms with Gasteiger partial charge in [-0.2, -0.15) is 0 Å². The number of hydrogen-bond donors (Lipinski definition) is 1. The van der Waals surface area contributed by atoms with Crippen LogP contribution in [0.1, 0.15) is 0 Å². The number of nitrogens with one attached hydrogen (secondary N) is 1. The lowest BCUT2D eigenvalue weighted by molar-refractivity contribution is 1.53. The monoisotopic (exact) mass is 241 g/mol. The molecule has 0 unspecified atom stereocenters. The maximum Gasteiger partial charge on any atom is 0.0707 e. The van der Waals surface area contributed by atoms with Crippen LogP contribution in [0, 0.1) is 0 Å². The van der Waals surface area contributed by atoms with Gasteiger partial charge in [-0.15, -0.1) is 11.3 Å². The minimum absolute atomic E-state index is 0.799. The Balaban J connectivity index is 2.55. The third kappa shape index (κ3) is 1.34. The molecule has 0 aliphatic heterocycles. The standard InChI is InChI=1S/C9H8BrNS/c10-6-11-8-5-12-9-4-2-1-3-7(8)9/h1-5,11H,6H2. The first-order chi connectivity index (χ1) is 5.92. The van der Waals surface area contributed by atoms with Gasteiger partial charge in [0.1, 0.15) is 0 Å². The topological polar surface area (TPSA) is 12.0 Å². The first kappa shape index (κ1) is 8.08. The Hall–Kier alpha value is -0.540. The van der Waals surface area contributed by atoms with Gasteiger partial charge >= 0.3 is 0 Å². The van der Waals surface area contributed by atoms with E-state index in [0.717, 1.165) is 5.45 Å². The molecule has 2 rings (SSSR count). The van der Waals surface area contributed by atoms with Crippen molar-refractivity contribution >= 4 is 43.0 Å². The Labute approximate surface area is 83.5 Å². The van der Waals surface area contributed by atoms with Gasteiger partial charge in [-0.3, -0.25) is 0 Å². The summed E-state index contributed by atoms with van der Waals surface area (Å²) in [5.74, 6) is 0. The van der Waals surface area contributed by atoms with Crippen molar-refractivity contribution in [3.8, 4) is 0 Å². The summed E-state index contributed by atoms with van der Waals surface area (Å²) in [5.41, 5.74) is 2.01. The number of alkyl halides is 1. The average Bonchev–Trinajstić information content (AvgIpc) is 2.50. The predicted octanol–water partition coefficient (Wildman–Crippen LogP) is 3.67. The van der Waals surface area contributed by atoms with Gasteiger partial charge in [-0.05, 0) is 6.07 Å². The highest BCUT2D eigenvalue weighted by atomic mass is 79.9. The summed E-state index contributed by atoms with van der Waals surface area (Å²) in [6.07, 6.45) is 0. The zero-order valence-electron chi connectivity index (χ0n) is 6.38. The van der Waals surface area contributed by atoms with Crippen LogP contribution >= 0.6 is 27.3 Å². The Morgan fingerprint density at radius 1 is 1.33 bits per heavy atom.